The monoisotopic (exact) mass is 434 g/mol. The SMILES string of the molecule is O=C(COc1cccc2c1OC(=O)C2)Nc1nc(-c2ccc(Cl)c(Cl)c2)cs1. The lowest BCUT2D eigenvalue weighted by atomic mass is 10.1. The Hall–Kier alpha value is -2.61. The van der Waals surface area contributed by atoms with E-state index >= 15 is 0 Å². The predicted octanol–water partition coefficient (Wildman–Crippen LogP) is 4.60. The largest absolute Gasteiger partial charge is 0.480 e. The van der Waals surface area contributed by atoms with Crippen LogP contribution in [0.1, 0.15) is 5.56 Å². The van der Waals surface area contributed by atoms with E-state index in [9.17, 15) is 9.59 Å². The summed E-state index contributed by atoms with van der Waals surface area (Å²) in [5, 5.41) is 5.81. The number of nitrogens with one attached hydrogen (secondary N) is 1. The second-order valence-corrected chi connectivity index (χ2v) is 7.57. The average Bonchev–Trinajstić information content (AvgIpc) is 3.28. The molecule has 0 unspecified atom stereocenters. The number of ether oxygens (including phenoxy) is 2. The van der Waals surface area contributed by atoms with Crippen LogP contribution in [0.2, 0.25) is 10.0 Å². The number of thiazole rings is 1. The minimum Gasteiger partial charge on any atom is -0.480 e. The zero-order valence-corrected chi connectivity index (χ0v) is 16.5. The van der Waals surface area contributed by atoms with Crippen molar-refractivity contribution in [3.8, 4) is 22.8 Å². The van der Waals surface area contributed by atoms with E-state index in [2.05, 4.69) is 10.3 Å². The minimum absolute atomic E-state index is 0.204. The molecule has 0 aliphatic carbocycles. The fraction of sp³-hybridized carbons (Fsp3) is 0.105. The molecular formula is C19H12Cl2N2O4S. The highest BCUT2D eigenvalue weighted by atomic mass is 35.5. The number of para-hydroxylation sites is 1. The van der Waals surface area contributed by atoms with Crippen LogP contribution in [0.15, 0.2) is 41.8 Å². The van der Waals surface area contributed by atoms with Gasteiger partial charge >= 0.3 is 5.97 Å². The zero-order valence-electron chi connectivity index (χ0n) is 14.2. The lowest BCUT2D eigenvalue weighted by Crippen LogP contribution is -2.20. The van der Waals surface area contributed by atoms with Crippen molar-refractivity contribution < 1.29 is 19.1 Å². The van der Waals surface area contributed by atoms with Crippen LogP contribution in [0.5, 0.6) is 11.5 Å². The van der Waals surface area contributed by atoms with E-state index in [0.29, 0.717) is 32.4 Å². The van der Waals surface area contributed by atoms with Gasteiger partial charge < -0.3 is 9.47 Å². The van der Waals surface area contributed by atoms with Gasteiger partial charge in [0.05, 0.1) is 22.2 Å². The number of anilines is 1. The molecule has 6 nitrogen and oxygen atoms in total. The smallest absolute Gasteiger partial charge is 0.315 e. The van der Waals surface area contributed by atoms with E-state index < -0.39 is 0 Å². The van der Waals surface area contributed by atoms with Gasteiger partial charge in [-0.15, -0.1) is 11.3 Å². The number of benzene rings is 2. The summed E-state index contributed by atoms with van der Waals surface area (Å²) in [5.41, 5.74) is 2.21. The van der Waals surface area contributed by atoms with Gasteiger partial charge in [-0.3, -0.25) is 14.9 Å². The zero-order chi connectivity index (χ0) is 19.7. The molecule has 142 valence electrons. The van der Waals surface area contributed by atoms with Gasteiger partial charge in [-0.2, -0.15) is 0 Å². The fourth-order valence-corrected chi connectivity index (χ4v) is 3.69. The molecule has 4 rings (SSSR count). The molecule has 1 aliphatic heterocycles. The van der Waals surface area contributed by atoms with E-state index in [1.807, 2.05) is 0 Å². The van der Waals surface area contributed by atoms with Gasteiger partial charge in [-0.05, 0) is 18.2 Å². The van der Waals surface area contributed by atoms with Crippen LogP contribution in [0, 0.1) is 0 Å². The lowest BCUT2D eigenvalue weighted by molar-refractivity contribution is -0.131. The van der Waals surface area contributed by atoms with Crippen molar-refractivity contribution in [3.05, 3.63) is 57.4 Å². The van der Waals surface area contributed by atoms with Crippen LogP contribution in [-0.4, -0.2) is 23.5 Å². The summed E-state index contributed by atoms with van der Waals surface area (Å²) in [5.74, 6) is 0.00988. The first-order valence-corrected chi connectivity index (χ1v) is 9.79. The molecule has 0 spiro atoms. The Morgan fingerprint density at radius 1 is 1.25 bits per heavy atom. The van der Waals surface area contributed by atoms with Crippen LogP contribution < -0.4 is 14.8 Å². The Morgan fingerprint density at radius 2 is 2.11 bits per heavy atom. The standard InChI is InChI=1S/C19H12Cl2N2O4S/c20-12-5-4-10(6-13(12)21)14-9-28-19(22-14)23-16(24)8-26-15-3-1-2-11-7-17(25)27-18(11)15/h1-6,9H,7-8H2,(H,22,23,24). The first-order valence-electron chi connectivity index (χ1n) is 8.16. The summed E-state index contributed by atoms with van der Waals surface area (Å²) in [4.78, 5) is 28.0. The van der Waals surface area contributed by atoms with E-state index in [1.165, 1.54) is 11.3 Å². The number of carbonyl (C=O) groups is 2. The molecule has 0 saturated carbocycles. The molecule has 0 saturated heterocycles. The quantitative estimate of drug-likeness (QED) is 0.469. The molecule has 0 atom stereocenters. The number of halogens is 2. The molecule has 28 heavy (non-hydrogen) atoms. The first kappa shape index (κ1) is 18.7. The van der Waals surface area contributed by atoms with Gasteiger partial charge in [-0.1, -0.05) is 41.4 Å². The average molecular weight is 435 g/mol. The normalized spacial score (nSPS) is 12.4. The molecule has 2 heterocycles. The molecule has 1 aromatic heterocycles. The van der Waals surface area contributed by atoms with Crippen molar-refractivity contribution in [1.29, 1.82) is 0 Å². The van der Waals surface area contributed by atoms with Crippen molar-refractivity contribution in [2.24, 2.45) is 0 Å². The molecule has 0 fully saturated rings. The fourth-order valence-electron chi connectivity index (χ4n) is 2.65. The van der Waals surface area contributed by atoms with E-state index in [0.717, 1.165) is 11.1 Å². The van der Waals surface area contributed by atoms with Crippen molar-refractivity contribution >= 4 is 51.5 Å². The number of hydrogen-bond donors (Lipinski definition) is 1. The topological polar surface area (TPSA) is 77.5 Å². The van der Waals surface area contributed by atoms with Gasteiger partial charge in [-0.25, -0.2) is 4.98 Å². The number of hydrogen-bond acceptors (Lipinski definition) is 6. The summed E-state index contributed by atoms with van der Waals surface area (Å²) in [7, 11) is 0. The number of carbonyl (C=O) groups excluding carboxylic acids is 2. The van der Waals surface area contributed by atoms with Crippen molar-refractivity contribution in [1.82, 2.24) is 4.98 Å². The van der Waals surface area contributed by atoms with Crippen LogP contribution in [0.4, 0.5) is 5.13 Å². The summed E-state index contributed by atoms with van der Waals surface area (Å²) in [6.07, 6.45) is 0.204. The Kier molecular flexibility index (Phi) is 5.21. The predicted molar refractivity (Wildman–Crippen MR) is 107 cm³/mol. The van der Waals surface area contributed by atoms with E-state index in [4.69, 9.17) is 32.7 Å². The Labute approximate surface area is 174 Å². The van der Waals surface area contributed by atoms with Gasteiger partial charge in [0.2, 0.25) is 0 Å². The molecule has 0 bridgehead atoms. The third-order valence-corrected chi connectivity index (χ3v) is 5.43. The van der Waals surface area contributed by atoms with Gasteiger partial charge in [0.15, 0.2) is 23.2 Å². The minimum atomic E-state index is -0.378. The summed E-state index contributed by atoms with van der Waals surface area (Å²) in [6, 6.07) is 10.4. The highest BCUT2D eigenvalue weighted by molar-refractivity contribution is 7.14. The van der Waals surface area contributed by atoms with Crippen LogP contribution >= 0.6 is 34.5 Å². The third-order valence-electron chi connectivity index (χ3n) is 3.94. The van der Waals surface area contributed by atoms with Crippen molar-refractivity contribution in [2.45, 2.75) is 6.42 Å². The number of nitrogens with zero attached hydrogens (tertiary/aromatic N) is 1. The maximum atomic E-state index is 12.2. The van der Waals surface area contributed by atoms with E-state index in [-0.39, 0.29) is 24.9 Å². The first-order chi connectivity index (χ1) is 13.5. The number of esters is 1. The van der Waals surface area contributed by atoms with Crippen molar-refractivity contribution in [2.75, 3.05) is 11.9 Å². The highest BCUT2D eigenvalue weighted by Gasteiger charge is 2.24. The second-order valence-electron chi connectivity index (χ2n) is 5.90. The van der Waals surface area contributed by atoms with Crippen LogP contribution in [0.25, 0.3) is 11.3 Å². The third kappa shape index (κ3) is 3.96. The summed E-state index contributed by atoms with van der Waals surface area (Å²) >= 11 is 13.2. The highest BCUT2D eigenvalue weighted by Crippen LogP contribution is 2.36. The maximum absolute atomic E-state index is 12.2. The maximum Gasteiger partial charge on any atom is 0.315 e. The number of rotatable bonds is 5. The molecule has 2 aromatic carbocycles. The summed E-state index contributed by atoms with van der Waals surface area (Å²) in [6.45, 7) is -0.240. The second kappa shape index (κ2) is 7.79. The van der Waals surface area contributed by atoms with E-state index in [1.54, 1.807) is 41.8 Å². The molecule has 0 radical (unpaired) electrons. The molecule has 9 heteroatoms. The van der Waals surface area contributed by atoms with Gasteiger partial charge in [0.25, 0.3) is 5.91 Å². The summed E-state index contributed by atoms with van der Waals surface area (Å²) < 4.78 is 10.6. The number of amides is 1. The van der Waals surface area contributed by atoms with Gasteiger partial charge in [0, 0.05) is 16.5 Å². The molecule has 1 amide bonds. The number of fused-ring (bicyclic) bond motifs is 1. The molecule has 1 N–H and O–H groups in total. The van der Waals surface area contributed by atoms with Gasteiger partial charge in [0.1, 0.15) is 0 Å². The molecular weight excluding hydrogens is 423 g/mol. The van der Waals surface area contributed by atoms with Crippen LogP contribution in [0.3, 0.4) is 0 Å². The lowest BCUT2D eigenvalue weighted by Gasteiger charge is -2.09. The Balaban J connectivity index is 1.39. The van der Waals surface area contributed by atoms with Crippen LogP contribution in [-0.2, 0) is 16.0 Å². The molecule has 3 aromatic rings. The van der Waals surface area contributed by atoms with Crippen molar-refractivity contribution in [3.63, 3.8) is 0 Å². The Morgan fingerprint density at radius 3 is 2.93 bits per heavy atom. The molecule has 1 aliphatic rings. The number of aromatic nitrogens is 1. The Bertz CT molecular complexity index is 1080.